The Hall–Kier alpha value is -0.761. The molecule has 17 heavy (non-hydrogen) atoms. The molecule has 2 atom stereocenters. The van der Waals surface area contributed by atoms with Gasteiger partial charge in [-0.3, -0.25) is 0 Å². The van der Waals surface area contributed by atoms with Gasteiger partial charge >= 0.3 is 109 Å². The van der Waals surface area contributed by atoms with Crippen molar-refractivity contribution in [1.29, 1.82) is 0 Å². The van der Waals surface area contributed by atoms with Gasteiger partial charge in [-0.2, -0.15) is 0 Å². The van der Waals surface area contributed by atoms with Crippen molar-refractivity contribution in [2.75, 3.05) is 6.61 Å². The van der Waals surface area contributed by atoms with E-state index in [1.807, 2.05) is 13.0 Å². The van der Waals surface area contributed by atoms with E-state index in [4.69, 9.17) is 9.47 Å². The van der Waals surface area contributed by atoms with Gasteiger partial charge in [-0.05, 0) is 0 Å². The molecule has 1 aromatic rings. The van der Waals surface area contributed by atoms with Gasteiger partial charge in [0.25, 0.3) is 0 Å². The summed E-state index contributed by atoms with van der Waals surface area (Å²) in [6.07, 6.45) is 1.43. The maximum atomic E-state index is 5.80. The zero-order valence-electron chi connectivity index (χ0n) is 10.3. The van der Waals surface area contributed by atoms with E-state index < -0.39 is 0 Å². The predicted molar refractivity (Wildman–Crippen MR) is 70.5 cm³/mol. The minimum atomic E-state index is 0.167. The topological polar surface area (TPSA) is 18.5 Å². The Labute approximate surface area is 109 Å². The number of benzene rings is 1. The van der Waals surface area contributed by atoms with Crippen LogP contribution >= 0.6 is 0 Å². The van der Waals surface area contributed by atoms with Gasteiger partial charge in [0.2, 0.25) is 0 Å². The van der Waals surface area contributed by atoms with Crippen LogP contribution in [0.5, 0.6) is 0 Å². The van der Waals surface area contributed by atoms with Gasteiger partial charge in [0.05, 0.1) is 0 Å². The molecule has 92 valence electrons. The number of hydrogen-bond acceptors (Lipinski definition) is 2. The van der Waals surface area contributed by atoms with Gasteiger partial charge in [-0.15, -0.1) is 0 Å². The van der Waals surface area contributed by atoms with Crippen molar-refractivity contribution in [3.63, 3.8) is 0 Å². The Morgan fingerprint density at radius 3 is 2.88 bits per heavy atom. The molecule has 0 amide bonds. The van der Waals surface area contributed by atoms with Crippen LogP contribution in [0.25, 0.3) is 0 Å². The van der Waals surface area contributed by atoms with Crippen LogP contribution in [0.1, 0.15) is 20.3 Å². The molecule has 0 bridgehead atoms. The molecule has 1 aromatic carbocycles. The first-order valence-corrected chi connectivity index (χ1v) is 7.84. The first kappa shape index (κ1) is 12.7. The van der Waals surface area contributed by atoms with Crippen LogP contribution in [0.15, 0.2) is 41.1 Å². The zero-order valence-corrected chi connectivity index (χ0v) is 12.0. The molecule has 3 heteroatoms. The van der Waals surface area contributed by atoms with Crippen LogP contribution in [0.4, 0.5) is 0 Å². The van der Waals surface area contributed by atoms with Crippen LogP contribution in [-0.4, -0.2) is 33.8 Å². The summed E-state index contributed by atoms with van der Waals surface area (Å²) in [5.74, 6) is 1.03. The molecule has 0 unspecified atom stereocenters. The molecule has 0 saturated carbocycles. The van der Waals surface area contributed by atoms with Crippen LogP contribution < -0.4 is 4.46 Å². The molecule has 2 nitrogen and oxygen atoms in total. The molecule has 2 rings (SSSR count). The second-order valence-electron chi connectivity index (χ2n) is 4.06. The van der Waals surface area contributed by atoms with Crippen molar-refractivity contribution in [1.82, 2.24) is 0 Å². The van der Waals surface area contributed by atoms with Crippen LogP contribution in [0.2, 0.25) is 0 Å². The van der Waals surface area contributed by atoms with Crippen molar-refractivity contribution in [3.05, 3.63) is 41.1 Å². The van der Waals surface area contributed by atoms with Crippen molar-refractivity contribution < 1.29 is 9.47 Å². The van der Waals surface area contributed by atoms with Crippen molar-refractivity contribution in [3.8, 4) is 0 Å². The number of hydrogen-bond donors (Lipinski definition) is 0. The van der Waals surface area contributed by atoms with E-state index in [1.54, 1.807) is 0 Å². The summed E-state index contributed by atoms with van der Waals surface area (Å²) in [6, 6.07) is 10.5. The third-order valence-electron chi connectivity index (χ3n) is 2.62. The standard InChI is InChI=1S/C14H18O2Se/c1-3-15-13-9-11(2)16-14(13)10-17-12-7-5-4-6-8-12/h4-8,10-11,13H,3,9H2,1-2H3/b14-10-/t11-,13-/m1/s1. The first-order chi connectivity index (χ1) is 8.29. The average Bonchev–Trinajstić information content (AvgIpc) is 2.69. The SMILES string of the molecule is CCO[C@@H]1C[C@@H](C)O/C1=C\[Se]c1ccccc1. The Bertz CT molecular complexity index is 375. The summed E-state index contributed by atoms with van der Waals surface area (Å²) in [5.41, 5.74) is 0. The third-order valence-corrected chi connectivity index (χ3v) is 4.50. The van der Waals surface area contributed by atoms with Crippen molar-refractivity contribution in [2.45, 2.75) is 32.5 Å². The summed E-state index contributed by atoms with van der Waals surface area (Å²) in [7, 11) is 0. The Morgan fingerprint density at radius 1 is 1.41 bits per heavy atom. The fourth-order valence-electron chi connectivity index (χ4n) is 1.85. The van der Waals surface area contributed by atoms with Gasteiger partial charge in [-0.1, -0.05) is 0 Å². The monoisotopic (exact) mass is 298 g/mol. The van der Waals surface area contributed by atoms with Crippen molar-refractivity contribution in [2.24, 2.45) is 0 Å². The van der Waals surface area contributed by atoms with Gasteiger partial charge < -0.3 is 0 Å². The fraction of sp³-hybridized carbons (Fsp3) is 0.429. The average molecular weight is 297 g/mol. The van der Waals surface area contributed by atoms with Crippen molar-refractivity contribution >= 4 is 19.4 Å². The Morgan fingerprint density at radius 2 is 2.18 bits per heavy atom. The van der Waals surface area contributed by atoms with Crippen LogP contribution in [0, 0.1) is 0 Å². The summed E-state index contributed by atoms with van der Waals surface area (Å²) in [6.45, 7) is 4.88. The molecular formula is C14H18O2Se. The molecule has 0 spiro atoms. The molecule has 1 heterocycles. The molecule has 1 saturated heterocycles. The Kier molecular flexibility index (Phi) is 4.66. The molecule has 0 radical (unpaired) electrons. The van der Waals surface area contributed by atoms with E-state index in [0.29, 0.717) is 15.0 Å². The summed E-state index contributed by atoms with van der Waals surface area (Å²) >= 11 is 0.329. The second kappa shape index (κ2) is 6.25. The van der Waals surface area contributed by atoms with Crippen LogP contribution in [0.3, 0.4) is 0 Å². The second-order valence-corrected chi connectivity index (χ2v) is 6.04. The van der Waals surface area contributed by atoms with Crippen LogP contribution in [-0.2, 0) is 9.47 Å². The minimum absolute atomic E-state index is 0.167. The molecule has 1 aliphatic rings. The summed E-state index contributed by atoms with van der Waals surface area (Å²) < 4.78 is 12.9. The van der Waals surface area contributed by atoms with E-state index in [2.05, 4.69) is 36.2 Å². The molecule has 1 aliphatic heterocycles. The van der Waals surface area contributed by atoms with Gasteiger partial charge in [0, 0.05) is 0 Å². The zero-order chi connectivity index (χ0) is 12.1. The number of ether oxygens (including phenoxy) is 2. The third kappa shape index (κ3) is 3.60. The summed E-state index contributed by atoms with van der Waals surface area (Å²) in [4.78, 5) is 2.21. The maximum absolute atomic E-state index is 5.80. The normalized spacial score (nSPS) is 26.1. The molecular weight excluding hydrogens is 279 g/mol. The first-order valence-electron chi connectivity index (χ1n) is 5.99. The Balaban J connectivity index is 2.00. The molecule has 0 aromatic heterocycles. The molecule has 1 fully saturated rings. The van der Waals surface area contributed by atoms with E-state index in [0.717, 1.165) is 18.8 Å². The van der Waals surface area contributed by atoms with E-state index in [9.17, 15) is 0 Å². The fourth-order valence-corrected chi connectivity index (χ4v) is 3.48. The molecule has 0 N–H and O–H groups in total. The van der Waals surface area contributed by atoms with Gasteiger partial charge in [0.15, 0.2) is 0 Å². The van der Waals surface area contributed by atoms with E-state index >= 15 is 0 Å². The number of rotatable bonds is 4. The predicted octanol–water partition coefficient (Wildman–Crippen LogP) is 2.07. The summed E-state index contributed by atoms with van der Waals surface area (Å²) in [5, 5.41) is 0. The quantitative estimate of drug-likeness (QED) is 0.792. The van der Waals surface area contributed by atoms with E-state index in [1.165, 1.54) is 4.46 Å². The van der Waals surface area contributed by atoms with Gasteiger partial charge in [0.1, 0.15) is 0 Å². The van der Waals surface area contributed by atoms with E-state index in [-0.39, 0.29) is 12.2 Å². The van der Waals surface area contributed by atoms with Gasteiger partial charge in [-0.25, -0.2) is 0 Å². The molecule has 0 aliphatic carbocycles.